The highest BCUT2D eigenvalue weighted by atomic mass is 79.9. The topological polar surface area (TPSA) is 162 Å². The molecule has 28 heavy (non-hydrogen) atoms. The number of benzene rings is 1. The van der Waals surface area contributed by atoms with Gasteiger partial charge in [-0.1, -0.05) is 0 Å². The molecule has 0 saturated heterocycles. The molecule has 0 aliphatic heterocycles. The molecule has 0 unspecified atom stereocenters. The van der Waals surface area contributed by atoms with E-state index in [1.54, 1.807) is 0 Å². The standard InChI is InChI=1S/C14H15BrFN7O4S/c15-10-5-9(1-2-11(10)16)23(14(17)18)13-12(19-27-20-13)22(24)6-7-3-8(4-7)21-28(25)26/h1-2,5,7-8,24H,3-4,6H2,(H3,17,18). The molecule has 0 spiro atoms. The van der Waals surface area contributed by atoms with E-state index in [-0.39, 0.29) is 34.6 Å². The van der Waals surface area contributed by atoms with Crippen molar-refractivity contribution in [2.24, 2.45) is 16.0 Å². The zero-order chi connectivity index (χ0) is 20.4. The predicted octanol–water partition coefficient (Wildman–Crippen LogP) is 2.04. The van der Waals surface area contributed by atoms with Crippen molar-refractivity contribution in [2.75, 3.05) is 16.5 Å². The van der Waals surface area contributed by atoms with Crippen LogP contribution in [0.2, 0.25) is 0 Å². The second-order valence-corrected chi connectivity index (χ2v) is 7.63. The molecule has 4 N–H and O–H groups in total. The zero-order valence-electron chi connectivity index (χ0n) is 14.2. The predicted molar refractivity (Wildman–Crippen MR) is 99.4 cm³/mol. The van der Waals surface area contributed by atoms with Crippen LogP contribution in [0.1, 0.15) is 12.8 Å². The van der Waals surface area contributed by atoms with Crippen molar-refractivity contribution in [1.82, 2.24) is 10.3 Å². The van der Waals surface area contributed by atoms with Crippen molar-refractivity contribution in [3.05, 3.63) is 28.5 Å². The van der Waals surface area contributed by atoms with Crippen LogP contribution in [0.5, 0.6) is 0 Å². The Bertz CT molecular complexity index is 1020. The van der Waals surface area contributed by atoms with Gasteiger partial charge in [-0.3, -0.25) is 15.5 Å². The van der Waals surface area contributed by atoms with Gasteiger partial charge in [0.1, 0.15) is 5.82 Å². The number of aromatic nitrogens is 2. The highest BCUT2D eigenvalue weighted by Crippen LogP contribution is 2.35. The normalized spacial score (nSPS) is 18.2. The molecule has 1 saturated carbocycles. The van der Waals surface area contributed by atoms with E-state index in [4.69, 9.17) is 15.8 Å². The first-order valence-corrected chi connectivity index (χ1v) is 9.77. The summed E-state index contributed by atoms with van der Waals surface area (Å²) in [6.07, 6.45) is 0.986. The Balaban J connectivity index is 1.80. The van der Waals surface area contributed by atoms with Gasteiger partial charge in [0.2, 0.25) is 11.6 Å². The number of nitrogens with one attached hydrogen (secondary N) is 1. The van der Waals surface area contributed by atoms with Crippen molar-refractivity contribution in [3.63, 3.8) is 0 Å². The van der Waals surface area contributed by atoms with Crippen LogP contribution in [-0.2, 0) is 10.5 Å². The monoisotopic (exact) mass is 475 g/mol. The van der Waals surface area contributed by atoms with E-state index in [0.717, 1.165) is 9.96 Å². The summed E-state index contributed by atoms with van der Waals surface area (Å²) in [5.41, 5.74) is 5.94. The summed E-state index contributed by atoms with van der Waals surface area (Å²) < 4.78 is 43.0. The number of nitrogens with two attached hydrogens (primary N) is 1. The maximum Gasteiger partial charge on any atom is 0.311 e. The van der Waals surface area contributed by atoms with Crippen molar-refractivity contribution >= 4 is 49.7 Å². The van der Waals surface area contributed by atoms with Gasteiger partial charge < -0.3 is 5.73 Å². The number of hydrogen-bond acceptors (Lipinski definition) is 9. The molecule has 0 radical (unpaired) electrons. The van der Waals surface area contributed by atoms with E-state index in [9.17, 15) is 18.0 Å². The number of hydroxylamine groups is 1. The number of halogens is 2. The average molecular weight is 476 g/mol. The summed E-state index contributed by atoms with van der Waals surface area (Å²) in [6.45, 7) is 0.123. The summed E-state index contributed by atoms with van der Waals surface area (Å²) in [5.74, 6) is -1.13. The van der Waals surface area contributed by atoms with Gasteiger partial charge in [-0.25, -0.2) is 14.1 Å². The maximum absolute atomic E-state index is 13.5. The van der Waals surface area contributed by atoms with Crippen LogP contribution in [0, 0.1) is 17.1 Å². The van der Waals surface area contributed by atoms with Gasteiger partial charge in [-0.2, -0.15) is 12.8 Å². The minimum Gasteiger partial charge on any atom is -0.369 e. The van der Waals surface area contributed by atoms with Gasteiger partial charge >= 0.3 is 10.5 Å². The zero-order valence-corrected chi connectivity index (χ0v) is 16.6. The van der Waals surface area contributed by atoms with Crippen LogP contribution in [0.15, 0.2) is 31.7 Å². The lowest BCUT2D eigenvalue weighted by atomic mass is 9.81. The third-order valence-corrected chi connectivity index (χ3v) is 5.27. The highest BCUT2D eigenvalue weighted by Gasteiger charge is 2.33. The van der Waals surface area contributed by atoms with E-state index in [0.29, 0.717) is 18.5 Å². The second-order valence-electron chi connectivity index (χ2n) is 6.13. The van der Waals surface area contributed by atoms with E-state index in [1.165, 1.54) is 18.2 Å². The van der Waals surface area contributed by atoms with Gasteiger partial charge in [-0.15, -0.1) is 0 Å². The van der Waals surface area contributed by atoms with Crippen LogP contribution < -0.4 is 15.7 Å². The first-order valence-electron chi connectivity index (χ1n) is 7.94. The number of hydrogen-bond donors (Lipinski definition) is 3. The van der Waals surface area contributed by atoms with Crippen molar-refractivity contribution in [1.29, 1.82) is 5.41 Å². The molecule has 1 aromatic carbocycles. The lowest BCUT2D eigenvalue weighted by Gasteiger charge is -2.33. The summed E-state index contributed by atoms with van der Waals surface area (Å²) in [4.78, 5) is 1.12. The molecule has 1 aliphatic carbocycles. The molecule has 3 rings (SSSR count). The molecule has 1 heterocycles. The third-order valence-electron chi connectivity index (χ3n) is 4.19. The Morgan fingerprint density at radius 2 is 2.11 bits per heavy atom. The quantitative estimate of drug-likeness (QED) is 0.322. The molecule has 1 fully saturated rings. The molecule has 0 atom stereocenters. The lowest BCUT2D eigenvalue weighted by molar-refractivity contribution is 0.180. The van der Waals surface area contributed by atoms with E-state index in [2.05, 4.69) is 30.6 Å². The molecule has 0 bridgehead atoms. The SMILES string of the molecule is N=C(N)N(c1ccc(F)c(Br)c1)c1nonc1N(O)CC1CC(N=S(=O)=O)C1. The number of rotatable bonds is 6. The van der Waals surface area contributed by atoms with Gasteiger partial charge in [0.25, 0.3) is 0 Å². The molecule has 1 aliphatic rings. The number of nitrogens with zero attached hydrogens (tertiary/aromatic N) is 5. The number of anilines is 3. The fraction of sp³-hybridized carbons (Fsp3) is 0.357. The van der Waals surface area contributed by atoms with E-state index >= 15 is 0 Å². The molecular formula is C14H15BrFN7O4S. The Morgan fingerprint density at radius 1 is 1.43 bits per heavy atom. The Kier molecular flexibility index (Phi) is 5.90. The summed E-state index contributed by atoms with van der Waals surface area (Å²) in [5, 5.41) is 26.3. The van der Waals surface area contributed by atoms with Crippen molar-refractivity contribution in [2.45, 2.75) is 18.9 Å². The minimum atomic E-state index is -2.45. The van der Waals surface area contributed by atoms with Crippen LogP contribution in [0.25, 0.3) is 0 Å². The summed E-state index contributed by atoms with van der Waals surface area (Å²) >= 11 is 3.06. The molecule has 0 amide bonds. The Morgan fingerprint density at radius 3 is 2.71 bits per heavy atom. The van der Waals surface area contributed by atoms with Crippen LogP contribution in [0.3, 0.4) is 0 Å². The van der Waals surface area contributed by atoms with Crippen molar-refractivity contribution < 1.29 is 22.6 Å². The van der Waals surface area contributed by atoms with Crippen LogP contribution in [0.4, 0.5) is 21.7 Å². The van der Waals surface area contributed by atoms with Gasteiger partial charge in [0.05, 0.1) is 22.7 Å². The fourth-order valence-corrected chi connectivity index (χ4v) is 3.65. The Hall–Kier alpha value is -2.58. The van der Waals surface area contributed by atoms with Crippen LogP contribution >= 0.6 is 15.9 Å². The molecule has 150 valence electrons. The number of guanidine groups is 1. The fourth-order valence-electron chi connectivity index (χ4n) is 2.87. The second kappa shape index (κ2) is 8.20. The highest BCUT2D eigenvalue weighted by molar-refractivity contribution is 9.10. The maximum atomic E-state index is 13.5. The van der Waals surface area contributed by atoms with E-state index < -0.39 is 22.3 Å². The average Bonchev–Trinajstić information content (AvgIpc) is 3.04. The van der Waals surface area contributed by atoms with Crippen molar-refractivity contribution in [3.8, 4) is 0 Å². The molecular weight excluding hydrogens is 461 g/mol. The van der Waals surface area contributed by atoms with Gasteiger partial charge in [0.15, 0.2) is 5.96 Å². The van der Waals surface area contributed by atoms with Gasteiger partial charge in [-0.05, 0) is 63.2 Å². The first-order chi connectivity index (χ1) is 13.3. The van der Waals surface area contributed by atoms with Crippen LogP contribution in [-0.4, -0.2) is 42.5 Å². The first kappa shape index (κ1) is 20.2. The molecule has 11 nitrogen and oxygen atoms in total. The third kappa shape index (κ3) is 4.28. The van der Waals surface area contributed by atoms with Gasteiger partial charge in [0, 0.05) is 0 Å². The molecule has 1 aromatic heterocycles. The van der Waals surface area contributed by atoms with E-state index in [1.807, 2.05) is 0 Å². The molecule has 14 heteroatoms. The minimum absolute atomic E-state index is 0.0161. The smallest absolute Gasteiger partial charge is 0.311 e. The Labute approximate surface area is 168 Å². The largest absolute Gasteiger partial charge is 0.369 e. The summed E-state index contributed by atoms with van der Waals surface area (Å²) in [6, 6.07) is 3.65. The molecule has 2 aromatic rings. The summed E-state index contributed by atoms with van der Waals surface area (Å²) in [7, 11) is -2.45. The lowest BCUT2D eigenvalue weighted by Crippen LogP contribution is -2.38.